The number of sulfone groups is 1. The molecule has 1 aliphatic heterocycles. The molecule has 0 aromatic carbocycles. The third-order valence-corrected chi connectivity index (χ3v) is 5.08. The van der Waals surface area contributed by atoms with Crippen LogP contribution in [0.3, 0.4) is 0 Å². The van der Waals surface area contributed by atoms with Gasteiger partial charge in [0.05, 0.1) is 17.2 Å². The van der Waals surface area contributed by atoms with Crippen molar-refractivity contribution in [2.75, 3.05) is 18.1 Å². The molecule has 2 rings (SSSR count). The fourth-order valence-electron chi connectivity index (χ4n) is 2.39. The zero-order valence-electron chi connectivity index (χ0n) is 11.0. The Hall–Kier alpha value is -0.880. The Bertz CT molecular complexity index is 507. The van der Waals surface area contributed by atoms with Gasteiger partial charge in [-0.05, 0) is 39.3 Å². The number of nitrogens with one attached hydrogen (secondary N) is 1. The molecule has 1 atom stereocenters. The molecule has 0 saturated carbocycles. The summed E-state index contributed by atoms with van der Waals surface area (Å²) in [7, 11) is -2.77. The highest BCUT2D eigenvalue weighted by Crippen LogP contribution is 2.11. The molecule has 0 aliphatic carbocycles. The molecule has 0 radical (unpaired) electrons. The maximum atomic E-state index is 11.3. The highest BCUT2D eigenvalue weighted by atomic mass is 32.2. The Balaban J connectivity index is 1.69. The van der Waals surface area contributed by atoms with E-state index in [-0.39, 0.29) is 6.04 Å². The van der Waals surface area contributed by atoms with Gasteiger partial charge in [-0.15, -0.1) is 0 Å². The van der Waals surface area contributed by atoms with E-state index in [9.17, 15) is 8.42 Å². The maximum absolute atomic E-state index is 11.3. The summed E-state index contributed by atoms with van der Waals surface area (Å²) in [5, 5.41) is 7.71. The largest absolute Gasteiger partial charge is 0.313 e. The topological polar surface area (TPSA) is 64.0 Å². The zero-order valence-corrected chi connectivity index (χ0v) is 11.8. The van der Waals surface area contributed by atoms with Crippen LogP contribution in [-0.4, -0.2) is 42.3 Å². The van der Waals surface area contributed by atoms with E-state index in [2.05, 4.69) is 23.4 Å². The van der Waals surface area contributed by atoms with Crippen molar-refractivity contribution in [2.45, 2.75) is 39.3 Å². The first-order chi connectivity index (χ1) is 8.46. The average molecular weight is 271 g/mol. The summed E-state index contributed by atoms with van der Waals surface area (Å²) in [5.41, 5.74) is 2.22. The summed E-state index contributed by atoms with van der Waals surface area (Å²) < 4.78 is 24.6. The molecule has 5 nitrogen and oxygen atoms in total. The van der Waals surface area contributed by atoms with Crippen molar-refractivity contribution in [3.63, 3.8) is 0 Å². The highest BCUT2D eigenvalue weighted by Gasteiger charge is 2.26. The van der Waals surface area contributed by atoms with E-state index in [1.807, 2.05) is 11.6 Å². The molecular formula is C12H21N3O2S. The first kappa shape index (κ1) is 13.5. The van der Waals surface area contributed by atoms with Crippen molar-refractivity contribution in [2.24, 2.45) is 0 Å². The van der Waals surface area contributed by atoms with Crippen LogP contribution in [0.15, 0.2) is 6.07 Å². The van der Waals surface area contributed by atoms with Crippen LogP contribution in [-0.2, 0) is 16.4 Å². The summed E-state index contributed by atoms with van der Waals surface area (Å²) in [6.45, 7) is 5.77. The Kier molecular flexibility index (Phi) is 4.07. The van der Waals surface area contributed by atoms with Gasteiger partial charge in [0.25, 0.3) is 0 Å². The number of aromatic nitrogens is 2. The van der Waals surface area contributed by atoms with Crippen molar-refractivity contribution in [1.82, 2.24) is 15.1 Å². The van der Waals surface area contributed by atoms with Gasteiger partial charge in [0, 0.05) is 18.3 Å². The van der Waals surface area contributed by atoms with Crippen molar-refractivity contribution < 1.29 is 8.42 Å². The molecule has 1 aromatic rings. The number of hydrogen-bond acceptors (Lipinski definition) is 4. The van der Waals surface area contributed by atoms with Gasteiger partial charge < -0.3 is 5.32 Å². The highest BCUT2D eigenvalue weighted by molar-refractivity contribution is 7.91. The third-order valence-electron chi connectivity index (χ3n) is 3.32. The monoisotopic (exact) mass is 271 g/mol. The molecule has 18 heavy (non-hydrogen) atoms. The molecule has 0 amide bonds. The van der Waals surface area contributed by atoms with Gasteiger partial charge >= 0.3 is 0 Å². The zero-order chi connectivity index (χ0) is 13.2. The van der Waals surface area contributed by atoms with Crippen molar-refractivity contribution in [1.29, 1.82) is 0 Å². The molecule has 1 aliphatic rings. The van der Waals surface area contributed by atoms with Crippen LogP contribution in [0, 0.1) is 13.8 Å². The second kappa shape index (κ2) is 5.40. The van der Waals surface area contributed by atoms with Gasteiger partial charge in [-0.25, -0.2) is 8.42 Å². The van der Waals surface area contributed by atoms with E-state index in [0.717, 1.165) is 31.6 Å². The Morgan fingerprint density at radius 3 is 2.83 bits per heavy atom. The fraction of sp³-hybridized carbons (Fsp3) is 0.750. The molecule has 1 saturated heterocycles. The molecule has 1 unspecified atom stereocenters. The maximum Gasteiger partial charge on any atom is 0.151 e. The lowest BCUT2D eigenvalue weighted by Gasteiger charge is -2.10. The standard InChI is InChI=1S/C12H21N3O2S/c1-10-8-11(2)15(14-10)6-3-5-13-12-4-7-18(16,17)9-12/h8,12-13H,3-7,9H2,1-2H3. The van der Waals surface area contributed by atoms with Crippen molar-refractivity contribution in [3.05, 3.63) is 17.5 Å². The van der Waals surface area contributed by atoms with Gasteiger partial charge in [0.15, 0.2) is 9.84 Å². The fourth-order valence-corrected chi connectivity index (χ4v) is 4.10. The van der Waals surface area contributed by atoms with Crippen LogP contribution >= 0.6 is 0 Å². The minimum atomic E-state index is -2.77. The molecule has 1 fully saturated rings. The predicted molar refractivity (Wildman–Crippen MR) is 71.4 cm³/mol. The SMILES string of the molecule is Cc1cc(C)n(CCCNC2CCS(=O)(=O)C2)n1. The Morgan fingerprint density at radius 1 is 1.50 bits per heavy atom. The molecule has 1 N–H and O–H groups in total. The lowest BCUT2D eigenvalue weighted by atomic mass is 10.2. The number of aryl methyl sites for hydroxylation is 3. The Labute approximate surface area is 108 Å². The van der Waals surface area contributed by atoms with E-state index in [1.54, 1.807) is 0 Å². The van der Waals surface area contributed by atoms with E-state index >= 15 is 0 Å². The molecule has 2 heterocycles. The minimum Gasteiger partial charge on any atom is -0.313 e. The summed E-state index contributed by atoms with van der Waals surface area (Å²) in [5.74, 6) is 0.634. The van der Waals surface area contributed by atoms with E-state index in [0.29, 0.717) is 11.5 Å². The van der Waals surface area contributed by atoms with Gasteiger partial charge in [0.1, 0.15) is 0 Å². The number of rotatable bonds is 5. The van der Waals surface area contributed by atoms with Crippen LogP contribution < -0.4 is 5.32 Å². The van der Waals surface area contributed by atoms with Crippen LogP contribution in [0.4, 0.5) is 0 Å². The van der Waals surface area contributed by atoms with E-state index in [4.69, 9.17) is 0 Å². The molecular weight excluding hydrogens is 250 g/mol. The van der Waals surface area contributed by atoms with Crippen LogP contribution in [0.25, 0.3) is 0 Å². The summed E-state index contributed by atoms with van der Waals surface area (Å²) in [6.07, 6.45) is 1.72. The number of hydrogen-bond donors (Lipinski definition) is 1. The molecule has 6 heteroatoms. The third kappa shape index (κ3) is 3.55. The van der Waals surface area contributed by atoms with Gasteiger partial charge in [-0.1, -0.05) is 0 Å². The smallest absolute Gasteiger partial charge is 0.151 e. The van der Waals surface area contributed by atoms with Gasteiger partial charge in [0.2, 0.25) is 0 Å². The lowest BCUT2D eigenvalue weighted by molar-refractivity contribution is 0.494. The van der Waals surface area contributed by atoms with E-state index in [1.165, 1.54) is 5.69 Å². The van der Waals surface area contributed by atoms with Gasteiger partial charge in [-0.2, -0.15) is 5.10 Å². The quantitative estimate of drug-likeness (QED) is 0.799. The van der Waals surface area contributed by atoms with Gasteiger partial charge in [-0.3, -0.25) is 4.68 Å². The molecule has 0 bridgehead atoms. The van der Waals surface area contributed by atoms with Crippen LogP contribution in [0.5, 0.6) is 0 Å². The van der Waals surface area contributed by atoms with Crippen molar-refractivity contribution in [3.8, 4) is 0 Å². The second-order valence-corrected chi connectivity index (χ2v) is 7.29. The molecule has 0 spiro atoms. The lowest BCUT2D eigenvalue weighted by Crippen LogP contribution is -2.31. The van der Waals surface area contributed by atoms with E-state index < -0.39 is 9.84 Å². The number of nitrogens with zero attached hydrogens (tertiary/aromatic N) is 2. The first-order valence-corrected chi connectivity index (χ1v) is 8.23. The Morgan fingerprint density at radius 2 is 2.28 bits per heavy atom. The average Bonchev–Trinajstić information content (AvgIpc) is 2.77. The first-order valence-electron chi connectivity index (χ1n) is 6.41. The normalized spacial score (nSPS) is 22.4. The summed E-state index contributed by atoms with van der Waals surface area (Å²) >= 11 is 0. The second-order valence-electron chi connectivity index (χ2n) is 5.06. The van der Waals surface area contributed by atoms with Crippen molar-refractivity contribution >= 4 is 9.84 Å². The van der Waals surface area contributed by atoms with Crippen LogP contribution in [0.2, 0.25) is 0 Å². The summed E-state index contributed by atoms with van der Waals surface area (Å²) in [4.78, 5) is 0. The predicted octanol–water partition coefficient (Wildman–Crippen LogP) is 0.667. The molecule has 102 valence electrons. The molecule has 1 aromatic heterocycles. The minimum absolute atomic E-state index is 0.149. The summed E-state index contributed by atoms with van der Waals surface area (Å²) in [6, 6.07) is 2.22. The van der Waals surface area contributed by atoms with Crippen LogP contribution in [0.1, 0.15) is 24.2 Å².